The Balaban J connectivity index is 1.96. The van der Waals surface area contributed by atoms with Gasteiger partial charge in [-0.05, 0) is 24.5 Å². The molecule has 2 rings (SSSR count). The van der Waals surface area contributed by atoms with Gasteiger partial charge in [-0.25, -0.2) is 4.79 Å². The van der Waals surface area contributed by atoms with E-state index in [0.29, 0.717) is 0 Å². The van der Waals surface area contributed by atoms with Crippen LogP contribution in [0.2, 0.25) is 0 Å². The smallest absolute Gasteiger partial charge is 0.326 e. The molecule has 36 heavy (non-hydrogen) atoms. The van der Waals surface area contributed by atoms with E-state index in [1.54, 1.807) is 6.20 Å². The number of hydrogen-bond donors (Lipinski definition) is 9. The SMILES string of the molecule is NC(=O)CCC(NC(=O)C(CO)NC(=O)C(CO)NC(=O)C(N)Cc1c[nH]c2ccccc12)C(=O)O. The Morgan fingerprint density at radius 3 is 2.00 bits per heavy atom. The molecular weight excluding hydrogens is 476 g/mol. The number of carbonyl (C=O) groups is 5. The zero-order valence-electron chi connectivity index (χ0n) is 19.3. The van der Waals surface area contributed by atoms with Gasteiger partial charge in [-0.3, -0.25) is 19.2 Å². The van der Waals surface area contributed by atoms with E-state index in [9.17, 15) is 39.3 Å². The van der Waals surface area contributed by atoms with E-state index >= 15 is 0 Å². The van der Waals surface area contributed by atoms with Crippen molar-refractivity contribution >= 4 is 40.5 Å². The molecular formula is C22H30N6O8. The fourth-order valence-electron chi connectivity index (χ4n) is 3.39. The highest BCUT2D eigenvalue weighted by molar-refractivity contribution is 5.94. The number of rotatable bonds is 14. The standard InChI is InChI=1S/C22H30N6O8/c23-13(7-11-8-25-14-4-2-1-3-12(11)14)19(32)27-16(9-29)21(34)28-17(10-30)20(33)26-15(22(35)36)5-6-18(24)31/h1-4,8,13,15-17,25,29-30H,5-7,9-10,23H2,(H2,24,31)(H,26,33)(H,27,32)(H,28,34)(H,35,36). The molecule has 0 aliphatic rings. The van der Waals surface area contributed by atoms with Gasteiger partial charge in [0.1, 0.15) is 18.1 Å². The highest BCUT2D eigenvalue weighted by Gasteiger charge is 2.30. The predicted molar refractivity (Wildman–Crippen MR) is 126 cm³/mol. The van der Waals surface area contributed by atoms with E-state index in [0.717, 1.165) is 16.5 Å². The second-order valence-electron chi connectivity index (χ2n) is 8.06. The summed E-state index contributed by atoms with van der Waals surface area (Å²) in [6.45, 7) is -1.75. The first kappa shape index (κ1) is 28.2. The van der Waals surface area contributed by atoms with Gasteiger partial charge in [0.25, 0.3) is 0 Å². The Kier molecular flexibility index (Phi) is 10.3. The third kappa shape index (κ3) is 7.76. The molecule has 0 saturated carbocycles. The lowest BCUT2D eigenvalue weighted by Crippen LogP contribution is -2.59. The monoisotopic (exact) mass is 506 g/mol. The molecule has 0 spiro atoms. The first-order valence-electron chi connectivity index (χ1n) is 11.0. The maximum absolute atomic E-state index is 12.5. The van der Waals surface area contributed by atoms with Gasteiger partial charge in [-0.1, -0.05) is 18.2 Å². The van der Waals surface area contributed by atoms with E-state index < -0.39 is 67.0 Å². The zero-order valence-corrected chi connectivity index (χ0v) is 19.3. The van der Waals surface area contributed by atoms with Crippen molar-refractivity contribution in [1.29, 1.82) is 0 Å². The first-order valence-corrected chi connectivity index (χ1v) is 11.0. The lowest BCUT2D eigenvalue weighted by Gasteiger charge is -2.23. The third-order valence-corrected chi connectivity index (χ3v) is 5.38. The quantitative estimate of drug-likeness (QED) is 0.125. The number of carboxylic acid groups (broad SMARTS) is 1. The fourth-order valence-corrected chi connectivity index (χ4v) is 3.39. The number of H-pyrrole nitrogens is 1. The number of aromatic nitrogens is 1. The van der Waals surface area contributed by atoms with Gasteiger partial charge >= 0.3 is 5.97 Å². The average molecular weight is 507 g/mol. The number of benzene rings is 1. The first-order chi connectivity index (χ1) is 17.1. The van der Waals surface area contributed by atoms with Crippen LogP contribution >= 0.6 is 0 Å². The van der Waals surface area contributed by atoms with Gasteiger partial charge in [0.05, 0.1) is 19.3 Å². The van der Waals surface area contributed by atoms with Crippen LogP contribution < -0.4 is 27.4 Å². The maximum atomic E-state index is 12.5. The van der Waals surface area contributed by atoms with Crippen molar-refractivity contribution in [2.75, 3.05) is 13.2 Å². The number of carboxylic acids is 1. The molecule has 0 aliphatic carbocycles. The van der Waals surface area contributed by atoms with E-state index in [-0.39, 0.29) is 19.3 Å². The molecule has 4 unspecified atom stereocenters. The van der Waals surface area contributed by atoms with Gasteiger partial charge in [0, 0.05) is 23.5 Å². The molecule has 14 heteroatoms. The number of para-hydroxylation sites is 1. The molecule has 14 nitrogen and oxygen atoms in total. The number of primary amides is 1. The van der Waals surface area contributed by atoms with Crippen LogP contribution in [0.4, 0.5) is 0 Å². The fraction of sp³-hybridized carbons (Fsp3) is 0.409. The van der Waals surface area contributed by atoms with Crippen molar-refractivity contribution in [3.63, 3.8) is 0 Å². The summed E-state index contributed by atoms with van der Waals surface area (Å²) >= 11 is 0. The minimum Gasteiger partial charge on any atom is -0.480 e. The summed E-state index contributed by atoms with van der Waals surface area (Å²) in [6, 6.07) is 1.75. The summed E-state index contributed by atoms with van der Waals surface area (Å²) < 4.78 is 0. The number of aromatic amines is 1. The molecule has 0 aliphatic heterocycles. The molecule has 1 heterocycles. The number of aliphatic hydroxyl groups is 2. The minimum atomic E-state index is -1.60. The summed E-state index contributed by atoms with van der Waals surface area (Å²) in [5, 5.41) is 35.7. The lowest BCUT2D eigenvalue weighted by molar-refractivity contribution is -0.143. The second kappa shape index (κ2) is 13.2. The van der Waals surface area contributed by atoms with Crippen LogP contribution in [-0.2, 0) is 30.4 Å². The van der Waals surface area contributed by atoms with Crippen molar-refractivity contribution in [1.82, 2.24) is 20.9 Å². The number of fused-ring (bicyclic) bond motifs is 1. The Bertz CT molecular complexity index is 1100. The molecule has 2 aromatic rings. The summed E-state index contributed by atoms with van der Waals surface area (Å²) in [4.78, 5) is 62.7. The Hall–Kier alpha value is -4.01. The Morgan fingerprint density at radius 2 is 1.44 bits per heavy atom. The van der Waals surface area contributed by atoms with Crippen LogP contribution in [0, 0.1) is 0 Å². The number of aliphatic carboxylic acids is 1. The summed E-state index contributed by atoms with van der Waals surface area (Å²) in [5.74, 6) is -5.02. The average Bonchev–Trinajstić information content (AvgIpc) is 3.25. The van der Waals surface area contributed by atoms with E-state index in [2.05, 4.69) is 20.9 Å². The van der Waals surface area contributed by atoms with Gasteiger partial charge < -0.3 is 47.7 Å². The van der Waals surface area contributed by atoms with Crippen LogP contribution in [0.3, 0.4) is 0 Å². The van der Waals surface area contributed by atoms with Crippen molar-refractivity contribution in [2.45, 2.75) is 43.4 Å². The molecule has 1 aromatic heterocycles. The van der Waals surface area contributed by atoms with Gasteiger partial charge in [0.2, 0.25) is 23.6 Å². The summed E-state index contributed by atoms with van der Waals surface area (Å²) in [7, 11) is 0. The second-order valence-corrected chi connectivity index (χ2v) is 8.06. The van der Waals surface area contributed by atoms with Gasteiger partial charge in [0.15, 0.2) is 0 Å². The Morgan fingerprint density at radius 1 is 0.889 bits per heavy atom. The van der Waals surface area contributed by atoms with Crippen LogP contribution in [0.5, 0.6) is 0 Å². The van der Waals surface area contributed by atoms with Crippen LogP contribution in [0.1, 0.15) is 18.4 Å². The normalized spacial score (nSPS) is 14.3. The highest BCUT2D eigenvalue weighted by atomic mass is 16.4. The molecule has 11 N–H and O–H groups in total. The molecule has 0 radical (unpaired) electrons. The Labute approximate surface area is 205 Å². The number of carbonyl (C=O) groups excluding carboxylic acids is 4. The van der Waals surface area contributed by atoms with Crippen molar-refractivity contribution < 1.29 is 39.3 Å². The number of hydrogen-bond acceptors (Lipinski definition) is 8. The lowest BCUT2D eigenvalue weighted by atomic mass is 10.0. The molecule has 0 bridgehead atoms. The molecule has 196 valence electrons. The maximum Gasteiger partial charge on any atom is 0.326 e. The molecule has 4 amide bonds. The zero-order chi connectivity index (χ0) is 26.8. The van der Waals surface area contributed by atoms with Crippen LogP contribution in [0.25, 0.3) is 10.9 Å². The number of nitrogens with two attached hydrogens (primary N) is 2. The molecule has 4 atom stereocenters. The molecule has 0 fully saturated rings. The third-order valence-electron chi connectivity index (χ3n) is 5.38. The summed E-state index contributed by atoms with van der Waals surface area (Å²) in [5.41, 5.74) is 12.6. The van der Waals surface area contributed by atoms with E-state index in [1.165, 1.54) is 0 Å². The molecule has 0 saturated heterocycles. The number of aliphatic hydroxyl groups excluding tert-OH is 2. The van der Waals surface area contributed by atoms with Crippen LogP contribution in [-0.4, -0.2) is 87.3 Å². The van der Waals surface area contributed by atoms with Gasteiger partial charge in [-0.15, -0.1) is 0 Å². The number of amides is 4. The summed E-state index contributed by atoms with van der Waals surface area (Å²) in [6.07, 6.45) is 1.24. The van der Waals surface area contributed by atoms with E-state index in [1.807, 2.05) is 24.3 Å². The van der Waals surface area contributed by atoms with Crippen LogP contribution in [0.15, 0.2) is 30.5 Å². The van der Waals surface area contributed by atoms with E-state index in [4.69, 9.17) is 11.5 Å². The molecule has 1 aromatic carbocycles. The highest BCUT2D eigenvalue weighted by Crippen LogP contribution is 2.18. The topological polar surface area (TPSA) is 250 Å². The largest absolute Gasteiger partial charge is 0.480 e. The van der Waals surface area contributed by atoms with Crippen molar-refractivity contribution in [3.05, 3.63) is 36.0 Å². The van der Waals surface area contributed by atoms with Gasteiger partial charge in [-0.2, -0.15) is 0 Å². The van der Waals surface area contributed by atoms with Crippen molar-refractivity contribution in [2.24, 2.45) is 11.5 Å². The minimum absolute atomic E-state index is 0.138. The predicted octanol–water partition coefficient (Wildman–Crippen LogP) is -3.17. The number of nitrogens with one attached hydrogen (secondary N) is 4. The van der Waals surface area contributed by atoms with Crippen molar-refractivity contribution in [3.8, 4) is 0 Å².